The number of pyridine rings is 1. The van der Waals surface area contributed by atoms with Gasteiger partial charge in [0.1, 0.15) is 11.3 Å². The zero-order chi connectivity index (χ0) is 17.5. The molecule has 0 N–H and O–H groups in total. The summed E-state index contributed by atoms with van der Waals surface area (Å²) in [5.74, 6) is 1.71. The van der Waals surface area contributed by atoms with Gasteiger partial charge in [0.25, 0.3) is 5.91 Å². The van der Waals surface area contributed by atoms with Crippen LogP contribution in [0.15, 0.2) is 30.6 Å². The van der Waals surface area contributed by atoms with Gasteiger partial charge in [0.15, 0.2) is 0 Å². The fraction of sp³-hybridized carbons (Fsp3) is 0.619. The lowest BCUT2D eigenvalue weighted by molar-refractivity contribution is -0.0473. The zero-order valence-electron chi connectivity index (χ0n) is 15.4. The van der Waals surface area contributed by atoms with Crippen molar-refractivity contribution in [3.05, 3.63) is 36.3 Å². The lowest BCUT2D eigenvalue weighted by Gasteiger charge is -2.54. The molecular formula is C21H28N4O. The molecule has 0 bridgehead atoms. The number of hydrogen-bond acceptors (Lipinski definition) is 3. The molecule has 3 aliphatic rings. The predicted molar refractivity (Wildman–Crippen MR) is 101 cm³/mol. The molecule has 4 heterocycles. The molecule has 26 heavy (non-hydrogen) atoms. The largest absolute Gasteiger partial charge is 0.337 e. The van der Waals surface area contributed by atoms with Crippen LogP contribution in [-0.2, 0) is 0 Å². The SMILES string of the molecule is O=C(c1cnc2ccccn12)N1CC[C@@H]2[C@@H](C1)CN2CC1CCCCC1. The van der Waals surface area contributed by atoms with E-state index in [0.717, 1.165) is 31.1 Å². The van der Waals surface area contributed by atoms with Crippen molar-refractivity contribution in [1.82, 2.24) is 19.2 Å². The number of aromatic nitrogens is 2. The smallest absolute Gasteiger partial charge is 0.272 e. The molecule has 5 rings (SSSR count). The van der Waals surface area contributed by atoms with E-state index in [4.69, 9.17) is 0 Å². The standard InChI is InChI=1S/C21H28N4O/c26-21(19-12-22-20-8-4-5-10-25(19)20)23-11-9-18-17(14-23)15-24(18)13-16-6-2-1-3-7-16/h4-5,8,10,12,16-18H,1-3,6-7,9,11,13-15H2/t17-,18+/m0/s1. The van der Waals surface area contributed by atoms with Gasteiger partial charge in [-0.25, -0.2) is 4.98 Å². The van der Waals surface area contributed by atoms with Gasteiger partial charge in [-0.15, -0.1) is 0 Å². The molecule has 2 aromatic rings. The second-order valence-electron chi connectivity index (χ2n) is 8.40. The summed E-state index contributed by atoms with van der Waals surface area (Å²) in [4.78, 5) is 22.1. The minimum atomic E-state index is 0.132. The molecule has 2 aliphatic heterocycles. The van der Waals surface area contributed by atoms with Gasteiger partial charge in [-0.3, -0.25) is 14.1 Å². The van der Waals surface area contributed by atoms with E-state index in [2.05, 4.69) is 14.8 Å². The first kappa shape index (κ1) is 16.3. The Morgan fingerprint density at radius 1 is 1.12 bits per heavy atom. The van der Waals surface area contributed by atoms with Gasteiger partial charge in [-0.2, -0.15) is 0 Å². The van der Waals surface area contributed by atoms with Gasteiger partial charge in [0, 0.05) is 44.3 Å². The number of carbonyl (C=O) groups is 1. The van der Waals surface area contributed by atoms with E-state index in [-0.39, 0.29) is 5.91 Å². The fourth-order valence-corrected chi connectivity index (χ4v) is 5.33. The summed E-state index contributed by atoms with van der Waals surface area (Å²) < 4.78 is 1.91. The minimum Gasteiger partial charge on any atom is -0.337 e. The van der Waals surface area contributed by atoms with Gasteiger partial charge in [-0.05, 0) is 37.3 Å². The summed E-state index contributed by atoms with van der Waals surface area (Å²) in [6.45, 7) is 4.26. The Kier molecular flexibility index (Phi) is 4.20. The molecule has 3 fully saturated rings. The predicted octanol–water partition coefficient (Wildman–Crippen LogP) is 3.06. The molecule has 5 nitrogen and oxygen atoms in total. The van der Waals surface area contributed by atoms with Crippen molar-refractivity contribution in [3.63, 3.8) is 0 Å². The third-order valence-electron chi connectivity index (χ3n) is 6.77. The van der Waals surface area contributed by atoms with Crippen LogP contribution in [0, 0.1) is 11.8 Å². The third kappa shape index (κ3) is 2.82. The van der Waals surface area contributed by atoms with Crippen molar-refractivity contribution in [3.8, 4) is 0 Å². The highest BCUT2D eigenvalue weighted by atomic mass is 16.2. The summed E-state index contributed by atoms with van der Waals surface area (Å²) in [5, 5.41) is 0. The maximum Gasteiger partial charge on any atom is 0.272 e. The first-order valence-electron chi connectivity index (χ1n) is 10.2. The Morgan fingerprint density at radius 3 is 2.85 bits per heavy atom. The summed E-state index contributed by atoms with van der Waals surface area (Å²) in [6.07, 6.45) is 11.9. The molecule has 0 radical (unpaired) electrons. The molecule has 0 aromatic carbocycles. The van der Waals surface area contributed by atoms with E-state index in [1.54, 1.807) is 6.20 Å². The van der Waals surface area contributed by atoms with Crippen molar-refractivity contribution in [2.75, 3.05) is 26.2 Å². The zero-order valence-corrected chi connectivity index (χ0v) is 15.4. The molecule has 1 amide bonds. The van der Waals surface area contributed by atoms with E-state index < -0.39 is 0 Å². The van der Waals surface area contributed by atoms with Gasteiger partial charge < -0.3 is 4.90 Å². The van der Waals surface area contributed by atoms with Gasteiger partial charge in [0.05, 0.1) is 6.20 Å². The number of piperidine rings is 1. The number of amides is 1. The number of rotatable bonds is 3. The molecule has 1 aliphatic carbocycles. The number of hydrogen-bond donors (Lipinski definition) is 0. The van der Waals surface area contributed by atoms with Crippen molar-refractivity contribution < 1.29 is 4.79 Å². The average Bonchev–Trinajstić information content (AvgIpc) is 3.10. The van der Waals surface area contributed by atoms with Crippen LogP contribution in [-0.4, -0.2) is 57.3 Å². The Bertz CT molecular complexity index is 794. The first-order chi connectivity index (χ1) is 12.8. The molecule has 0 spiro atoms. The highest BCUT2D eigenvalue weighted by Crippen LogP contribution is 2.35. The topological polar surface area (TPSA) is 40.9 Å². The Morgan fingerprint density at radius 2 is 2.00 bits per heavy atom. The number of carbonyl (C=O) groups excluding carboxylic acids is 1. The summed E-state index contributed by atoms with van der Waals surface area (Å²) in [7, 11) is 0. The quantitative estimate of drug-likeness (QED) is 0.852. The lowest BCUT2D eigenvalue weighted by Crippen LogP contribution is -2.64. The number of imidazole rings is 1. The summed E-state index contributed by atoms with van der Waals surface area (Å²) in [6, 6.07) is 6.56. The van der Waals surface area contributed by atoms with Crippen molar-refractivity contribution in [2.24, 2.45) is 11.8 Å². The van der Waals surface area contributed by atoms with Crippen molar-refractivity contribution in [2.45, 2.75) is 44.6 Å². The van der Waals surface area contributed by atoms with Crippen LogP contribution in [0.2, 0.25) is 0 Å². The maximum atomic E-state index is 13.0. The molecule has 138 valence electrons. The summed E-state index contributed by atoms with van der Waals surface area (Å²) >= 11 is 0. The third-order valence-corrected chi connectivity index (χ3v) is 6.77. The molecule has 2 saturated heterocycles. The number of fused-ring (bicyclic) bond motifs is 2. The Hall–Kier alpha value is -1.88. The molecule has 2 atom stereocenters. The van der Waals surface area contributed by atoms with Gasteiger partial charge >= 0.3 is 0 Å². The van der Waals surface area contributed by atoms with E-state index in [0.29, 0.717) is 17.7 Å². The van der Waals surface area contributed by atoms with Gasteiger partial charge in [-0.1, -0.05) is 25.3 Å². The molecule has 0 unspecified atom stereocenters. The number of nitrogens with zero attached hydrogens (tertiary/aromatic N) is 4. The Labute approximate surface area is 155 Å². The van der Waals surface area contributed by atoms with Crippen LogP contribution in [0.1, 0.15) is 49.0 Å². The van der Waals surface area contributed by atoms with Crippen molar-refractivity contribution >= 4 is 11.6 Å². The minimum absolute atomic E-state index is 0.132. The second kappa shape index (κ2) is 6.69. The average molecular weight is 352 g/mol. The fourth-order valence-electron chi connectivity index (χ4n) is 5.33. The van der Waals surface area contributed by atoms with E-state index in [9.17, 15) is 4.79 Å². The van der Waals surface area contributed by atoms with Gasteiger partial charge in [0.2, 0.25) is 0 Å². The van der Waals surface area contributed by atoms with Crippen molar-refractivity contribution in [1.29, 1.82) is 0 Å². The van der Waals surface area contributed by atoms with Crippen LogP contribution in [0.5, 0.6) is 0 Å². The maximum absolute atomic E-state index is 13.0. The Balaban J connectivity index is 1.21. The summed E-state index contributed by atoms with van der Waals surface area (Å²) in [5.41, 5.74) is 1.53. The van der Waals surface area contributed by atoms with Crippen LogP contribution in [0.4, 0.5) is 0 Å². The van der Waals surface area contributed by atoms with Crippen LogP contribution in [0.3, 0.4) is 0 Å². The highest BCUT2D eigenvalue weighted by molar-refractivity contribution is 5.93. The normalized spacial score (nSPS) is 27.3. The molecular weight excluding hydrogens is 324 g/mol. The van der Waals surface area contributed by atoms with Crippen LogP contribution in [0.25, 0.3) is 5.65 Å². The first-order valence-corrected chi connectivity index (χ1v) is 10.2. The van der Waals surface area contributed by atoms with E-state index in [1.165, 1.54) is 45.2 Å². The second-order valence-corrected chi connectivity index (χ2v) is 8.40. The monoisotopic (exact) mass is 352 g/mol. The van der Waals surface area contributed by atoms with E-state index >= 15 is 0 Å². The molecule has 2 aromatic heterocycles. The molecule has 5 heteroatoms. The van der Waals surface area contributed by atoms with Crippen LogP contribution < -0.4 is 0 Å². The highest BCUT2D eigenvalue weighted by Gasteiger charge is 2.44. The van der Waals surface area contributed by atoms with Crippen LogP contribution >= 0.6 is 0 Å². The number of likely N-dealkylation sites (tertiary alicyclic amines) is 2. The molecule has 1 saturated carbocycles. The van der Waals surface area contributed by atoms with E-state index in [1.807, 2.05) is 28.8 Å². The lowest BCUT2D eigenvalue weighted by atomic mass is 9.80.